The number of hydrogen-bond donors (Lipinski definition) is 1. The van der Waals surface area contributed by atoms with Gasteiger partial charge in [-0.3, -0.25) is 0 Å². The molecular formula is C19H27NO3. The minimum Gasteiger partial charge on any atom is -0.444 e. The summed E-state index contributed by atoms with van der Waals surface area (Å²) in [4.78, 5) is 11.5. The van der Waals surface area contributed by atoms with Gasteiger partial charge in [0.05, 0.1) is 0 Å². The first-order valence-electron chi connectivity index (χ1n) is 7.90. The van der Waals surface area contributed by atoms with Crippen molar-refractivity contribution in [2.75, 3.05) is 20.3 Å². The Morgan fingerprint density at radius 2 is 1.96 bits per heavy atom. The second-order valence-corrected chi connectivity index (χ2v) is 6.32. The SMILES string of the molecule is COCC#CCc1cccc(CCCNC(=O)OC(C)(C)C)c1. The van der Waals surface area contributed by atoms with Gasteiger partial charge in [0.1, 0.15) is 12.2 Å². The van der Waals surface area contributed by atoms with Crippen LogP contribution in [0.15, 0.2) is 24.3 Å². The van der Waals surface area contributed by atoms with Gasteiger partial charge in [-0.25, -0.2) is 4.79 Å². The predicted molar refractivity (Wildman–Crippen MR) is 92.4 cm³/mol. The summed E-state index contributed by atoms with van der Waals surface area (Å²) < 4.78 is 10.1. The Bertz CT molecular complexity index is 550. The van der Waals surface area contributed by atoms with E-state index in [9.17, 15) is 4.79 Å². The minimum absolute atomic E-state index is 0.361. The molecule has 0 saturated carbocycles. The number of carbonyl (C=O) groups excluding carboxylic acids is 1. The molecule has 1 amide bonds. The topological polar surface area (TPSA) is 47.6 Å². The number of rotatable bonds is 6. The molecule has 1 aromatic carbocycles. The van der Waals surface area contributed by atoms with Crippen LogP contribution in [-0.2, 0) is 22.3 Å². The van der Waals surface area contributed by atoms with Crippen LogP contribution in [0.2, 0.25) is 0 Å². The number of nitrogens with one attached hydrogen (secondary N) is 1. The van der Waals surface area contributed by atoms with Crippen molar-refractivity contribution in [1.82, 2.24) is 5.32 Å². The minimum atomic E-state index is -0.456. The molecule has 1 aromatic rings. The van der Waals surface area contributed by atoms with Crippen LogP contribution in [0.1, 0.15) is 38.3 Å². The standard InChI is InChI=1S/C19H27NO3/c1-19(2,3)23-18(21)20-13-8-12-17-11-7-10-16(15-17)9-5-6-14-22-4/h7,10-11,15H,8-9,12-14H2,1-4H3,(H,20,21). The Kier molecular flexibility index (Phi) is 8.21. The maximum atomic E-state index is 11.5. The molecule has 0 aromatic heterocycles. The molecule has 0 unspecified atom stereocenters. The van der Waals surface area contributed by atoms with Crippen molar-refractivity contribution in [2.24, 2.45) is 0 Å². The summed E-state index contributed by atoms with van der Waals surface area (Å²) in [5.74, 6) is 6.04. The van der Waals surface area contributed by atoms with Crippen molar-refractivity contribution in [3.8, 4) is 11.8 Å². The Labute approximate surface area is 139 Å². The summed E-state index contributed by atoms with van der Waals surface area (Å²) >= 11 is 0. The van der Waals surface area contributed by atoms with E-state index in [1.807, 2.05) is 26.8 Å². The quantitative estimate of drug-likeness (QED) is 0.646. The van der Waals surface area contributed by atoms with Gasteiger partial charge in [-0.2, -0.15) is 0 Å². The number of methoxy groups -OCH3 is 1. The van der Waals surface area contributed by atoms with Gasteiger partial charge >= 0.3 is 6.09 Å². The van der Waals surface area contributed by atoms with Crippen molar-refractivity contribution in [2.45, 2.75) is 45.6 Å². The average molecular weight is 317 g/mol. The van der Waals surface area contributed by atoms with Crippen molar-refractivity contribution < 1.29 is 14.3 Å². The largest absolute Gasteiger partial charge is 0.444 e. The summed E-state index contributed by atoms with van der Waals surface area (Å²) in [5, 5.41) is 2.77. The Balaban J connectivity index is 2.33. The number of benzene rings is 1. The zero-order valence-electron chi connectivity index (χ0n) is 14.6. The summed E-state index contributed by atoms with van der Waals surface area (Å²) in [5.41, 5.74) is 2.00. The molecule has 0 bridgehead atoms. The lowest BCUT2D eigenvalue weighted by Crippen LogP contribution is -2.33. The summed E-state index contributed by atoms with van der Waals surface area (Å²) in [7, 11) is 1.64. The number of hydrogen-bond acceptors (Lipinski definition) is 3. The van der Waals surface area contributed by atoms with Crippen LogP contribution in [0.25, 0.3) is 0 Å². The first-order chi connectivity index (χ1) is 10.9. The molecule has 1 N–H and O–H groups in total. The van der Waals surface area contributed by atoms with Gasteiger partial charge in [0, 0.05) is 20.1 Å². The third kappa shape index (κ3) is 9.59. The molecule has 0 atom stereocenters. The van der Waals surface area contributed by atoms with Gasteiger partial charge in [-0.05, 0) is 44.7 Å². The Morgan fingerprint density at radius 3 is 2.65 bits per heavy atom. The van der Waals surface area contributed by atoms with E-state index < -0.39 is 5.60 Å². The van der Waals surface area contributed by atoms with Crippen LogP contribution >= 0.6 is 0 Å². The zero-order chi connectivity index (χ0) is 17.1. The Morgan fingerprint density at radius 1 is 1.22 bits per heavy atom. The molecule has 0 radical (unpaired) electrons. The molecule has 0 aliphatic carbocycles. The van der Waals surface area contributed by atoms with E-state index in [2.05, 4.69) is 35.4 Å². The van der Waals surface area contributed by atoms with Crippen molar-refractivity contribution in [3.05, 3.63) is 35.4 Å². The van der Waals surface area contributed by atoms with E-state index in [0.717, 1.165) is 19.3 Å². The van der Waals surface area contributed by atoms with Gasteiger partial charge in [-0.15, -0.1) is 0 Å². The molecule has 0 saturated heterocycles. The van der Waals surface area contributed by atoms with E-state index in [-0.39, 0.29) is 6.09 Å². The summed E-state index contributed by atoms with van der Waals surface area (Å²) in [6, 6.07) is 8.38. The second-order valence-electron chi connectivity index (χ2n) is 6.32. The zero-order valence-corrected chi connectivity index (χ0v) is 14.6. The monoisotopic (exact) mass is 317 g/mol. The third-order valence-electron chi connectivity index (χ3n) is 2.94. The van der Waals surface area contributed by atoms with Crippen LogP contribution in [0.5, 0.6) is 0 Å². The predicted octanol–water partition coefficient (Wildman–Crippen LogP) is 3.34. The molecular weight excluding hydrogens is 290 g/mol. The van der Waals surface area contributed by atoms with Gasteiger partial charge in [0.25, 0.3) is 0 Å². The second kappa shape index (κ2) is 9.91. The van der Waals surface area contributed by atoms with Gasteiger partial charge in [0.15, 0.2) is 0 Å². The van der Waals surface area contributed by atoms with Gasteiger partial charge in [0.2, 0.25) is 0 Å². The highest BCUT2D eigenvalue weighted by molar-refractivity contribution is 5.67. The van der Waals surface area contributed by atoms with Gasteiger partial charge in [-0.1, -0.05) is 36.1 Å². The first kappa shape index (κ1) is 19.1. The normalized spacial score (nSPS) is 10.6. The van der Waals surface area contributed by atoms with Crippen LogP contribution < -0.4 is 5.32 Å². The van der Waals surface area contributed by atoms with E-state index in [1.54, 1.807) is 7.11 Å². The molecule has 23 heavy (non-hydrogen) atoms. The molecule has 0 aliphatic heterocycles. The number of amides is 1. The fourth-order valence-electron chi connectivity index (χ4n) is 1.98. The molecule has 0 spiro atoms. The van der Waals surface area contributed by atoms with Crippen molar-refractivity contribution in [1.29, 1.82) is 0 Å². The number of alkyl carbamates (subject to hydrolysis) is 1. The molecule has 0 fully saturated rings. The highest BCUT2D eigenvalue weighted by atomic mass is 16.6. The van der Waals surface area contributed by atoms with Crippen LogP contribution in [0, 0.1) is 11.8 Å². The summed E-state index contributed by atoms with van der Waals surface area (Å²) in [6.45, 7) is 6.64. The Hall–Kier alpha value is -1.99. The maximum absolute atomic E-state index is 11.5. The molecule has 4 heteroatoms. The fraction of sp³-hybridized carbons (Fsp3) is 0.526. The highest BCUT2D eigenvalue weighted by Crippen LogP contribution is 2.09. The van der Waals surface area contributed by atoms with Crippen LogP contribution in [0.3, 0.4) is 0 Å². The van der Waals surface area contributed by atoms with E-state index in [4.69, 9.17) is 9.47 Å². The number of carbonyl (C=O) groups is 1. The first-order valence-corrected chi connectivity index (χ1v) is 7.90. The molecule has 0 aliphatic rings. The van der Waals surface area contributed by atoms with Crippen molar-refractivity contribution in [3.63, 3.8) is 0 Å². The lowest BCUT2D eigenvalue weighted by Gasteiger charge is -2.19. The van der Waals surface area contributed by atoms with Crippen molar-refractivity contribution >= 4 is 6.09 Å². The van der Waals surface area contributed by atoms with E-state index in [1.165, 1.54) is 11.1 Å². The highest BCUT2D eigenvalue weighted by Gasteiger charge is 2.15. The summed E-state index contributed by atoms with van der Waals surface area (Å²) in [6.07, 6.45) is 2.15. The fourth-order valence-corrected chi connectivity index (χ4v) is 1.98. The van der Waals surface area contributed by atoms with Gasteiger partial charge < -0.3 is 14.8 Å². The smallest absolute Gasteiger partial charge is 0.407 e. The molecule has 1 rings (SSSR count). The lowest BCUT2D eigenvalue weighted by atomic mass is 10.0. The molecule has 0 heterocycles. The number of aryl methyl sites for hydroxylation is 1. The maximum Gasteiger partial charge on any atom is 0.407 e. The van der Waals surface area contributed by atoms with Crippen LogP contribution in [-0.4, -0.2) is 32.0 Å². The molecule has 126 valence electrons. The lowest BCUT2D eigenvalue weighted by molar-refractivity contribution is 0.0527. The number of ether oxygens (including phenoxy) is 2. The van der Waals surface area contributed by atoms with Crippen LogP contribution in [0.4, 0.5) is 4.79 Å². The molecule has 4 nitrogen and oxygen atoms in total. The van der Waals surface area contributed by atoms with E-state index in [0.29, 0.717) is 13.2 Å². The third-order valence-corrected chi connectivity index (χ3v) is 2.94. The van der Waals surface area contributed by atoms with E-state index >= 15 is 0 Å². The average Bonchev–Trinajstić information content (AvgIpc) is 2.47.